The van der Waals surface area contributed by atoms with E-state index in [0.29, 0.717) is 24.2 Å². The van der Waals surface area contributed by atoms with Gasteiger partial charge in [0.25, 0.3) is 0 Å². The summed E-state index contributed by atoms with van der Waals surface area (Å²) >= 11 is 0. The van der Waals surface area contributed by atoms with Gasteiger partial charge in [-0.3, -0.25) is 4.79 Å². The van der Waals surface area contributed by atoms with Gasteiger partial charge in [-0.25, -0.2) is 0 Å². The first kappa shape index (κ1) is 20.8. The smallest absolute Gasteiger partial charge is 0.220 e. The predicted molar refractivity (Wildman–Crippen MR) is 112 cm³/mol. The van der Waals surface area contributed by atoms with Gasteiger partial charge in [0.1, 0.15) is 11.5 Å². The van der Waals surface area contributed by atoms with E-state index in [-0.39, 0.29) is 5.91 Å². The van der Waals surface area contributed by atoms with Gasteiger partial charge in [-0.2, -0.15) is 0 Å². The fourth-order valence-electron chi connectivity index (χ4n) is 4.36. The van der Waals surface area contributed by atoms with E-state index in [1.807, 2.05) is 18.2 Å². The number of benzene rings is 1. The van der Waals surface area contributed by atoms with Crippen molar-refractivity contribution < 1.29 is 14.3 Å². The molecule has 2 aliphatic rings. The summed E-state index contributed by atoms with van der Waals surface area (Å²) in [5.41, 5.74) is 1.11. The number of amides is 1. The van der Waals surface area contributed by atoms with Crippen LogP contribution in [-0.4, -0.2) is 52.9 Å². The van der Waals surface area contributed by atoms with Crippen molar-refractivity contribution in [2.24, 2.45) is 17.8 Å². The van der Waals surface area contributed by atoms with Crippen LogP contribution in [0, 0.1) is 17.8 Å². The number of hydrogen-bond acceptors (Lipinski definition) is 5. The van der Waals surface area contributed by atoms with Gasteiger partial charge in [0.2, 0.25) is 5.91 Å². The number of piperidine rings is 1. The molecule has 156 valence electrons. The lowest BCUT2D eigenvalue weighted by Crippen LogP contribution is -2.36. The Kier molecular flexibility index (Phi) is 7.43. The summed E-state index contributed by atoms with van der Waals surface area (Å²) in [4.78, 5) is 14.7. The quantitative estimate of drug-likeness (QED) is 0.716. The van der Waals surface area contributed by atoms with Crippen molar-refractivity contribution in [1.82, 2.24) is 10.6 Å². The fraction of sp³-hybridized carbons (Fsp3) is 0.682. The average Bonchev–Trinajstić information content (AvgIpc) is 3.21. The highest BCUT2D eigenvalue weighted by Gasteiger charge is 2.25. The molecule has 0 saturated carbocycles. The van der Waals surface area contributed by atoms with Gasteiger partial charge in [0.05, 0.1) is 14.2 Å². The van der Waals surface area contributed by atoms with Crippen LogP contribution >= 0.6 is 0 Å². The summed E-state index contributed by atoms with van der Waals surface area (Å²) < 4.78 is 10.8. The van der Waals surface area contributed by atoms with Gasteiger partial charge in [-0.1, -0.05) is 6.92 Å². The molecule has 2 N–H and O–H groups in total. The van der Waals surface area contributed by atoms with E-state index in [2.05, 4.69) is 22.5 Å². The zero-order valence-electron chi connectivity index (χ0n) is 17.5. The summed E-state index contributed by atoms with van der Waals surface area (Å²) in [5.74, 6) is 3.35. The minimum absolute atomic E-state index is 0.194. The summed E-state index contributed by atoms with van der Waals surface area (Å²) in [6.07, 6.45) is 4.18. The molecule has 6 nitrogen and oxygen atoms in total. The van der Waals surface area contributed by atoms with Gasteiger partial charge in [0, 0.05) is 49.9 Å². The lowest BCUT2D eigenvalue weighted by molar-refractivity contribution is -0.122. The Labute approximate surface area is 169 Å². The molecule has 2 heterocycles. The number of anilines is 1. The minimum Gasteiger partial charge on any atom is -0.497 e. The van der Waals surface area contributed by atoms with Gasteiger partial charge < -0.3 is 25.0 Å². The zero-order chi connectivity index (χ0) is 19.9. The van der Waals surface area contributed by atoms with Crippen LogP contribution in [0.5, 0.6) is 11.5 Å². The molecule has 0 spiro atoms. The highest BCUT2D eigenvalue weighted by molar-refractivity contribution is 5.76. The Morgan fingerprint density at radius 1 is 1.25 bits per heavy atom. The molecule has 2 fully saturated rings. The number of methoxy groups -OCH3 is 2. The van der Waals surface area contributed by atoms with Crippen molar-refractivity contribution >= 4 is 11.6 Å². The van der Waals surface area contributed by atoms with Crippen LogP contribution in [0.2, 0.25) is 0 Å². The number of nitrogens with zero attached hydrogens (tertiary/aromatic N) is 1. The van der Waals surface area contributed by atoms with Crippen LogP contribution in [0.25, 0.3) is 0 Å². The molecule has 28 heavy (non-hydrogen) atoms. The minimum atomic E-state index is 0.194. The standard InChI is InChI=1S/C22H35N3O3/c1-16(18-5-4-7-23-14-18)9-22(26)24-13-17-6-8-25(15-17)19-10-20(27-2)12-21(11-19)28-3/h10-12,16-18,23H,4-9,13-15H2,1-3H3,(H,24,26). The van der Waals surface area contributed by atoms with Gasteiger partial charge in [-0.05, 0) is 50.1 Å². The second-order valence-electron chi connectivity index (χ2n) is 8.26. The van der Waals surface area contributed by atoms with Crippen molar-refractivity contribution in [3.8, 4) is 11.5 Å². The van der Waals surface area contributed by atoms with Crippen molar-refractivity contribution in [2.75, 3.05) is 51.8 Å². The molecule has 2 aliphatic heterocycles. The third-order valence-corrected chi connectivity index (χ3v) is 6.22. The Bertz CT molecular complexity index is 624. The van der Waals surface area contributed by atoms with Crippen LogP contribution in [0.15, 0.2) is 18.2 Å². The van der Waals surface area contributed by atoms with Gasteiger partial charge in [-0.15, -0.1) is 0 Å². The normalized spacial score (nSPS) is 23.3. The third kappa shape index (κ3) is 5.53. The van der Waals surface area contributed by atoms with Crippen molar-refractivity contribution in [1.29, 1.82) is 0 Å². The van der Waals surface area contributed by atoms with Crippen LogP contribution in [0.4, 0.5) is 5.69 Å². The van der Waals surface area contributed by atoms with Crippen LogP contribution in [0.1, 0.15) is 32.6 Å². The summed E-state index contributed by atoms with van der Waals surface area (Å²) in [6, 6.07) is 5.98. The van der Waals surface area contributed by atoms with E-state index >= 15 is 0 Å². The van der Waals surface area contributed by atoms with Gasteiger partial charge >= 0.3 is 0 Å². The predicted octanol–water partition coefficient (Wildman–Crippen LogP) is 2.67. The number of nitrogens with one attached hydrogen (secondary N) is 2. The van der Waals surface area contributed by atoms with E-state index in [1.54, 1.807) is 14.2 Å². The number of hydrogen-bond donors (Lipinski definition) is 2. The Morgan fingerprint density at radius 3 is 2.64 bits per heavy atom. The molecule has 2 saturated heterocycles. The zero-order valence-corrected chi connectivity index (χ0v) is 17.5. The summed E-state index contributed by atoms with van der Waals surface area (Å²) in [7, 11) is 3.34. The van der Waals surface area contributed by atoms with Crippen LogP contribution in [0.3, 0.4) is 0 Å². The molecule has 3 atom stereocenters. The van der Waals surface area contributed by atoms with E-state index in [9.17, 15) is 4.79 Å². The second kappa shape index (κ2) is 10.0. The molecule has 0 bridgehead atoms. The van der Waals surface area contributed by atoms with Crippen molar-refractivity contribution in [2.45, 2.75) is 32.6 Å². The average molecular weight is 390 g/mol. The number of rotatable bonds is 8. The van der Waals surface area contributed by atoms with Crippen molar-refractivity contribution in [3.05, 3.63) is 18.2 Å². The maximum Gasteiger partial charge on any atom is 0.220 e. The Balaban J connectivity index is 1.45. The molecule has 6 heteroatoms. The molecular weight excluding hydrogens is 354 g/mol. The third-order valence-electron chi connectivity index (χ3n) is 6.22. The molecule has 1 aromatic rings. The molecular formula is C22H35N3O3. The molecule has 3 unspecified atom stereocenters. The summed E-state index contributed by atoms with van der Waals surface area (Å²) in [5, 5.41) is 6.62. The molecule has 0 aliphatic carbocycles. The topological polar surface area (TPSA) is 62.8 Å². The largest absolute Gasteiger partial charge is 0.497 e. The molecule has 3 rings (SSSR count). The SMILES string of the molecule is COc1cc(OC)cc(N2CCC(CNC(=O)CC(C)C3CCCNC3)C2)c1. The Hall–Kier alpha value is -1.95. The molecule has 0 radical (unpaired) electrons. The summed E-state index contributed by atoms with van der Waals surface area (Å²) in [6.45, 7) is 7.07. The first-order chi connectivity index (χ1) is 13.6. The fourth-order valence-corrected chi connectivity index (χ4v) is 4.36. The molecule has 1 amide bonds. The van der Waals surface area contributed by atoms with Crippen LogP contribution in [-0.2, 0) is 4.79 Å². The molecule has 0 aromatic heterocycles. The number of ether oxygens (including phenoxy) is 2. The maximum absolute atomic E-state index is 12.4. The van der Waals surface area contributed by atoms with E-state index in [1.165, 1.54) is 12.8 Å². The first-order valence-electron chi connectivity index (χ1n) is 10.5. The second-order valence-corrected chi connectivity index (χ2v) is 8.26. The monoisotopic (exact) mass is 389 g/mol. The number of carbonyl (C=O) groups excluding carboxylic acids is 1. The molecule has 1 aromatic carbocycles. The lowest BCUT2D eigenvalue weighted by Gasteiger charge is -2.28. The highest BCUT2D eigenvalue weighted by atomic mass is 16.5. The van der Waals surface area contributed by atoms with Crippen LogP contribution < -0.4 is 25.0 Å². The van der Waals surface area contributed by atoms with Gasteiger partial charge in [0.15, 0.2) is 0 Å². The lowest BCUT2D eigenvalue weighted by atomic mass is 9.85. The van der Waals surface area contributed by atoms with Crippen molar-refractivity contribution in [3.63, 3.8) is 0 Å². The van der Waals surface area contributed by atoms with E-state index in [0.717, 1.165) is 56.3 Å². The van der Waals surface area contributed by atoms with E-state index < -0.39 is 0 Å². The highest BCUT2D eigenvalue weighted by Crippen LogP contribution is 2.31. The Morgan fingerprint density at radius 2 is 2.00 bits per heavy atom. The first-order valence-corrected chi connectivity index (χ1v) is 10.5. The van der Waals surface area contributed by atoms with E-state index in [4.69, 9.17) is 9.47 Å². The number of carbonyl (C=O) groups is 1. The maximum atomic E-state index is 12.4.